The number of nitrogens with zero attached hydrogens (tertiary/aromatic N) is 3. The number of amides is 1. The number of piperazine rings is 1. The lowest BCUT2D eigenvalue weighted by Crippen LogP contribution is -2.51. The topological polar surface area (TPSA) is 26.8 Å². The fourth-order valence-corrected chi connectivity index (χ4v) is 4.99. The van der Waals surface area contributed by atoms with Crippen LogP contribution in [-0.2, 0) is 17.8 Å². The summed E-state index contributed by atoms with van der Waals surface area (Å²) in [5, 5.41) is 0. The summed E-state index contributed by atoms with van der Waals surface area (Å²) in [6.07, 6.45) is 6.89. The van der Waals surface area contributed by atoms with Crippen molar-refractivity contribution in [2.75, 3.05) is 39.3 Å². The molecule has 2 aliphatic rings. The highest BCUT2D eigenvalue weighted by molar-refractivity contribution is 5.78. The van der Waals surface area contributed by atoms with Crippen LogP contribution in [-0.4, -0.2) is 65.9 Å². The van der Waals surface area contributed by atoms with Gasteiger partial charge in [0.15, 0.2) is 0 Å². The second kappa shape index (κ2) is 11.6. The van der Waals surface area contributed by atoms with Crippen LogP contribution in [0, 0.1) is 5.82 Å². The Balaban J connectivity index is 1.29. The molecular formula is C27H36FN3O. The number of halogens is 1. The largest absolute Gasteiger partial charge is 0.334 e. The highest BCUT2D eigenvalue weighted by Gasteiger charge is 2.28. The molecular weight excluding hydrogens is 401 g/mol. The molecule has 2 fully saturated rings. The van der Waals surface area contributed by atoms with Crippen molar-refractivity contribution >= 4 is 5.91 Å². The van der Waals surface area contributed by atoms with Gasteiger partial charge < -0.3 is 9.80 Å². The summed E-state index contributed by atoms with van der Waals surface area (Å²) in [6, 6.07) is 17.6. The van der Waals surface area contributed by atoms with Gasteiger partial charge in [-0.3, -0.25) is 9.69 Å². The van der Waals surface area contributed by atoms with Crippen LogP contribution in [0.25, 0.3) is 0 Å². The van der Waals surface area contributed by atoms with Gasteiger partial charge >= 0.3 is 0 Å². The Morgan fingerprint density at radius 1 is 0.844 bits per heavy atom. The van der Waals surface area contributed by atoms with Crippen molar-refractivity contribution in [2.45, 2.75) is 51.1 Å². The quantitative estimate of drug-likeness (QED) is 0.614. The molecule has 4 rings (SSSR count). The van der Waals surface area contributed by atoms with Crippen molar-refractivity contribution in [2.24, 2.45) is 0 Å². The van der Waals surface area contributed by atoms with Crippen molar-refractivity contribution in [3.8, 4) is 0 Å². The summed E-state index contributed by atoms with van der Waals surface area (Å²) in [5.41, 5.74) is 2.39. The van der Waals surface area contributed by atoms with Gasteiger partial charge in [0, 0.05) is 45.3 Å². The molecule has 0 spiro atoms. The Kier molecular flexibility index (Phi) is 8.30. The van der Waals surface area contributed by atoms with Gasteiger partial charge in [0.25, 0.3) is 0 Å². The third-order valence-electron chi connectivity index (χ3n) is 6.99. The second-order valence-corrected chi connectivity index (χ2v) is 9.29. The number of rotatable bonds is 8. The highest BCUT2D eigenvalue weighted by Crippen LogP contribution is 2.24. The molecule has 1 aliphatic carbocycles. The molecule has 4 nitrogen and oxygen atoms in total. The molecule has 5 heteroatoms. The van der Waals surface area contributed by atoms with E-state index in [2.05, 4.69) is 45.0 Å². The predicted molar refractivity (Wildman–Crippen MR) is 127 cm³/mol. The van der Waals surface area contributed by atoms with Gasteiger partial charge in [0.2, 0.25) is 5.91 Å². The minimum Gasteiger partial charge on any atom is -0.334 e. The molecule has 1 saturated heterocycles. The molecule has 0 bridgehead atoms. The Morgan fingerprint density at radius 3 is 2.19 bits per heavy atom. The predicted octanol–water partition coefficient (Wildman–Crippen LogP) is 4.35. The zero-order valence-electron chi connectivity index (χ0n) is 19.1. The van der Waals surface area contributed by atoms with Gasteiger partial charge in [-0.2, -0.15) is 0 Å². The Labute approximate surface area is 192 Å². The lowest BCUT2D eigenvalue weighted by molar-refractivity contribution is -0.136. The van der Waals surface area contributed by atoms with Gasteiger partial charge in [-0.05, 0) is 42.5 Å². The van der Waals surface area contributed by atoms with Crippen LogP contribution in [0.3, 0.4) is 0 Å². The minimum atomic E-state index is -0.227. The monoisotopic (exact) mass is 437 g/mol. The standard InChI is InChI=1S/C27H36FN3O/c28-25-13-11-24(12-14-25)21-31(26-9-5-2-6-10-26)27(32)22-30-19-17-29(18-20-30)16-15-23-7-3-1-4-8-23/h1,3-4,7-8,11-14,26H,2,5-6,9-10,15-22H2. The van der Waals surface area contributed by atoms with Gasteiger partial charge in [-0.25, -0.2) is 4.39 Å². The van der Waals surface area contributed by atoms with Crippen LogP contribution in [0.2, 0.25) is 0 Å². The average molecular weight is 438 g/mol. The maximum atomic E-state index is 13.4. The fraction of sp³-hybridized carbons (Fsp3) is 0.519. The molecule has 0 radical (unpaired) electrons. The van der Waals surface area contributed by atoms with Crippen molar-refractivity contribution in [3.05, 3.63) is 71.5 Å². The Hall–Kier alpha value is -2.24. The Bertz CT molecular complexity index is 828. The van der Waals surface area contributed by atoms with Crippen LogP contribution < -0.4 is 0 Å². The number of hydrogen-bond acceptors (Lipinski definition) is 3. The van der Waals surface area contributed by atoms with E-state index in [1.807, 2.05) is 12.1 Å². The summed E-state index contributed by atoms with van der Waals surface area (Å²) in [7, 11) is 0. The zero-order valence-corrected chi connectivity index (χ0v) is 19.1. The maximum Gasteiger partial charge on any atom is 0.237 e. The van der Waals surface area contributed by atoms with E-state index in [0.717, 1.165) is 57.5 Å². The molecule has 1 amide bonds. The van der Waals surface area contributed by atoms with Gasteiger partial charge in [0.05, 0.1) is 6.54 Å². The van der Waals surface area contributed by atoms with E-state index in [0.29, 0.717) is 19.1 Å². The van der Waals surface area contributed by atoms with Gasteiger partial charge in [-0.1, -0.05) is 61.7 Å². The van der Waals surface area contributed by atoms with Crippen LogP contribution in [0.5, 0.6) is 0 Å². The molecule has 2 aromatic rings. The third-order valence-corrected chi connectivity index (χ3v) is 6.99. The first-order valence-electron chi connectivity index (χ1n) is 12.2. The third kappa shape index (κ3) is 6.63. The Morgan fingerprint density at radius 2 is 1.50 bits per heavy atom. The van der Waals surface area contributed by atoms with Crippen LogP contribution in [0.1, 0.15) is 43.2 Å². The van der Waals surface area contributed by atoms with E-state index < -0.39 is 0 Å². The molecule has 0 N–H and O–H groups in total. The first kappa shape index (κ1) is 22.9. The first-order chi connectivity index (χ1) is 15.7. The van der Waals surface area contributed by atoms with Crippen LogP contribution in [0.15, 0.2) is 54.6 Å². The van der Waals surface area contributed by atoms with E-state index in [1.54, 1.807) is 0 Å². The van der Waals surface area contributed by atoms with E-state index in [9.17, 15) is 9.18 Å². The minimum absolute atomic E-state index is 0.221. The smallest absolute Gasteiger partial charge is 0.237 e. The highest BCUT2D eigenvalue weighted by atomic mass is 19.1. The number of carbonyl (C=O) groups is 1. The molecule has 1 heterocycles. The second-order valence-electron chi connectivity index (χ2n) is 9.29. The number of benzene rings is 2. The molecule has 1 saturated carbocycles. The number of carbonyl (C=O) groups excluding carboxylic acids is 1. The van der Waals surface area contributed by atoms with Crippen molar-refractivity contribution in [1.82, 2.24) is 14.7 Å². The lowest BCUT2D eigenvalue weighted by atomic mass is 9.93. The molecule has 2 aromatic carbocycles. The van der Waals surface area contributed by atoms with Crippen molar-refractivity contribution in [1.29, 1.82) is 0 Å². The van der Waals surface area contributed by atoms with Gasteiger partial charge in [-0.15, -0.1) is 0 Å². The van der Waals surface area contributed by atoms with Crippen LogP contribution in [0.4, 0.5) is 4.39 Å². The van der Waals surface area contributed by atoms with E-state index in [-0.39, 0.29) is 11.7 Å². The molecule has 0 unspecified atom stereocenters. The van der Waals surface area contributed by atoms with E-state index >= 15 is 0 Å². The number of hydrogen-bond donors (Lipinski definition) is 0. The SMILES string of the molecule is O=C(CN1CCN(CCc2ccccc2)CC1)N(Cc1ccc(F)cc1)C1CCCCC1. The summed E-state index contributed by atoms with van der Waals surface area (Å²) in [6.45, 7) is 6.06. The summed E-state index contributed by atoms with van der Waals surface area (Å²) >= 11 is 0. The van der Waals surface area contributed by atoms with Crippen molar-refractivity contribution in [3.63, 3.8) is 0 Å². The maximum absolute atomic E-state index is 13.4. The van der Waals surface area contributed by atoms with Gasteiger partial charge in [0.1, 0.15) is 5.82 Å². The first-order valence-corrected chi connectivity index (χ1v) is 12.2. The lowest BCUT2D eigenvalue weighted by Gasteiger charge is -2.38. The van der Waals surface area contributed by atoms with E-state index in [1.165, 1.54) is 37.0 Å². The molecule has 32 heavy (non-hydrogen) atoms. The summed E-state index contributed by atoms with van der Waals surface area (Å²) in [5.74, 6) is -0.00612. The summed E-state index contributed by atoms with van der Waals surface area (Å²) in [4.78, 5) is 20.3. The molecule has 0 atom stereocenters. The molecule has 0 aromatic heterocycles. The molecule has 172 valence electrons. The normalized spacial score (nSPS) is 18.5. The zero-order chi connectivity index (χ0) is 22.2. The fourth-order valence-electron chi connectivity index (χ4n) is 4.99. The molecule has 1 aliphatic heterocycles. The summed E-state index contributed by atoms with van der Waals surface area (Å²) < 4.78 is 13.3. The van der Waals surface area contributed by atoms with Crippen molar-refractivity contribution < 1.29 is 9.18 Å². The average Bonchev–Trinajstić information content (AvgIpc) is 2.84. The van der Waals surface area contributed by atoms with E-state index in [4.69, 9.17) is 0 Å². The van der Waals surface area contributed by atoms with Crippen LogP contribution >= 0.6 is 0 Å².